The lowest BCUT2D eigenvalue weighted by Gasteiger charge is -2.37. The molecule has 2 N–H and O–H groups in total. The van der Waals surface area contributed by atoms with Gasteiger partial charge in [0.1, 0.15) is 11.9 Å². The van der Waals surface area contributed by atoms with Crippen LogP contribution in [0.4, 0.5) is 16.0 Å². The monoisotopic (exact) mass is 509 g/mol. The van der Waals surface area contributed by atoms with Gasteiger partial charge in [-0.1, -0.05) is 6.07 Å². The van der Waals surface area contributed by atoms with E-state index in [2.05, 4.69) is 30.4 Å². The van der Waals surface area contributed by atoms with E-state index >= 15 is 0 Å². The number of carbonyl (C=O) groups is 3. The number of rotatable bonds is 6. The molecule has 1 atom stereocenters. The largest absolute Gasteiger partial charge is 0.374 e. The number of nitrogens with zero attached hydrogens (tertiary/aromatic N) is 5. The molecule has 1 unspecified atom stereocenters. The van der Waals surface area contributed by atoms with E-state index < -0.39 is 6.04 Å². The lowest BCUT2D eigenvalue weighted by molar-refractivity contribution is -0.134. The average Bonchev–Trinajstić information content (AvgIpc) is 2.91. The van der Waals surface area contributed by atoms with Gasteiger partial charge in [-0.15, -0.1) is 0 Å². The van der Waals surface area contributed by atoms with Crippen LogP contribution in [0.1, 0.15) is 37.2 Å². The number of amides is 3. The number of hydrogen-bond acceptors (Lipinski definition) is 8. The normalized spacial score (nSPS) is 21.6. The maximum absolute atomic E-state index is 15.0. The summed E-state index contributed by atoms with van der Waals surface area (Å²) in [5.41, 5.74) is 1.19. The number of aromatic nitrogens is 2. The Kier molecular flexibility index (Phi) is 7.59. The molecule has 4 heterocycles. The minimum atomic E-state index is -0.543. The zero-order valence-electron chi connectivity index (χ0n) is 20.7. The van der Waals surface area contributed by atoms with Gasteiger partial charge in [-0.2, -0.15) is 0 Å². The number of imide groups is 1. The van der Waals surface area contributed by atoms with Gasteiger partial charge in [0.25, 0.3) is 0 Å². The smallest absolute Gasteiger partial charge is 0.249 e. The van der Waals surface area contributed by atoms with E-state index in [0.29, 0.717) is 56.3 Å². The Morgan fingerprint density at radius 2 is 1.76 bits per heavy atom. The predicted molar refractivity (Wildman–Crippen MR) is 135 cm³/mol. The fourth-order valence-electron chi connectivity index (χ4n) is 5.28. The Morgan fingerprint density at radius 1 is 1.03 bits per heavy atom. The van der Waals surface area contributed by atoms with Crippen molar-refractivity contribution in [3.63, 3.8) is 0 Å². The number of piperazine rings is 1. The highest BCUT2D eigenvalue weighted by Gasteiger charge is 2.29. The lowest BCUT2D eigenvalue weighted by atomic mass is 9.89. The number of halogens is 1. The fourth-order valence-corrected chi connectivity index (χ4v) is 5.28. The number of piperidine rings is 2. The minimum Gasteiger partial charge on any atom is -0.374 e. The zero-order valence-corrected chi connectivity index (χ0v) is 20.7. The molecular weight excluding hydrogens is 477 g/mol. The van der Waals surface area contributed by atoms with Crippen LogP contribution in [0.15, 0.2) is 36.7 Å². The van der Waals surface area contributed by atoms with Crippen molar-refractivity contribution in [3.8, 4) is 0 Å². The summed E-state index contributed by atoms with van der Waals surface area (Å²) in [6, 6.07) is 6.24. The molecule has 3 amide bonds. The first kappa shape index (κ1) is 25.1. The van der Waals surface area contributed by atoms with Gasteiger partial charge >= 0.3 is 0 Å². The van der Waals surface area contributed by atoms with Gasteiger partial charge in [-0.05, 0) is 62.0 Å². The molecule has 37 heavy (non-hydrogen) atoms. The number of carbonyl (C=O) groups excluding carboxylic acids is 3. The van der Waals surface area contributed by atoms with Gasteiger partial charge in [-0.3, -0.25) is 24.6 Å². The fraction of sp³-hybridized carbons (Fsp3) is 0.500. The van der Waals surface area contributed by atoms with Crippen molar-refractivity contribution in [3.05, 3.63) is 48.0 Å². The molecule has 2 aromatic rings. The highest BCUT2D eigenvalue weighted by molar-refractivity contribution is 6.01. The van der Waals surface area contributed by atoms with Gasteiger partial charge in [-0.25, -0.2) is 14.4 Å². The molecule has 0 radical (unpaired) electrons. The first-order valence-corrected chi connectivity index (χ1v) is 12.9. The topological polar surface area (TPSA) is 111 Å². The molecule has 1 aromatic carbocycles. The van der Waals surface area contributed by atoms with Crippen LogP contribution in [0.2, 0.25) is 0 Å². The van der Waals surface area contributed by atoms with E-state index in [-0.39, 0.29) is 35.9 Å². The van der Waals surface area contributed by atoms with Gasteiger partial charge in [0.05, 0.1) is 6.54 Å². The number of likely N-dealkylation sites (tertiary alicyclic amines) is 1. The van der Waals surface area contributed by atoms with Crippen LogP contribution in [0.5, 0.6) is 0 Å². The molecule has 0 saturated carbocycles. The third-order valence-corrected chi connectivity index (χ3v) is 7.43. The molecule has 11 heteroatoms. The predicted octanol–water partition coefficient (Wildman–Crippen LogP) is 1.36. The summed E-state index contributed by atoms with van der Waals surface area (Å²) >= 11 is 0. The first-order valence-electron chi connectivity index (χ1n) is 12.9. The summed E-state index contributed by atoms with van der Waals surface area (Å²) in [6.45, 7) is 4.59. The van der Waals surface area contributed by atoms with Gasteiger partial charge in [0.15, 0.2) is 0 Å². The van der Waals surface area contributed by atoms with Crippen LogP contribution in [0, 0.1) is 5.82 Å². The molecule has 3 aliphatic heterocycles. The molecule has 0 spiro atoms. The second kappa shape index (κ2) is 11.2. The maximum Gasteiger partial charge on any atom is 0.249 e. The van der Waals surface area contributed by atoms with Crippen LogP contribution in [-0.2, 0) is 14.4 Å². The summed E-state index contributed by atoms with van der Waals surface area (Å²) in [5, 5.41) is 5.33. The second-order valence-electron chi connectivity index (χ2n) is 9.85. The molecule has 3 fully saturated rings. The standard InChI is InChI=1S/C26H32FN7O3/c27-21-16-19(30-22-4-5-23(35)31-25(22)37)2-3-20(21)18-6-10-32(11-7-18)17-24(36)33-12-14-34(15-13-33)26-28-8-1-9-29-26/h1-3,8-9,16,18,22,30H,4-7,10-15,17H2,(H,31,35,37). The summed E-state index contributed by atoms with van der Waals surface area (Å²) in [6.07, 6.45) is 5.67. The Hall–Kier alpha value is -3.60. The van der Waals surface area contributed by atoms with Crippen molar-refractivity contribution in [1.82, 2.24) is 25.1 Å². The van der Waals surface area contributed by atoms with E-state index in [9.17, 15) is 18.8 Å². The second-order valence-corrected chi connectivity index (χ2v) is 9.85. The zero-order chi connectivity index (χ0) is 25.8. The van der Waals surface area contributed by atoms with E-state index in [1.165, 1.54) is 6.07 Å². The summed E-state index contributed by atoms with van der Waals surface area (Å²) in [5.74, 6) is -0.0450. The molecule has 0 bridgehead atoms. The minimum absolute atomic E-state index is 0.0884. The number of benzene rings is 1. The van der Waals surface area contributed by atoms with Crippen molar-refractivity contribution in [2.75, 3.05) is 56.0 Å². The van der Waals surface area contributed by atoms with Crippen molar-refractivity contribution in [2.45, 2.75) is 37.6 Å². The molecule has 196 valence electrons. The molecule has 3 aliphatic rings. The summed E-state index contributed by atoms with van der Waals surface area (Å²) in [7, 11) is 0. The van der Waals surface area contributed by atoms with Gasteiger partial charge < -0.3 is 15.1 Å². The third kappa shape index (κ3) is 6.04. The van der Waals surface area contributed by atoms with Gasteiger partial charge in [0, 0.05) is 50.7 Å². The molecule has 3 saturated heterocycles. The van der Waals surface area contributed by atoms with Crippen molar-refractivity contribution in [2.24, 2.45) is 0 Å². The number of hydrogen-bond donors (Lipinski definition) is 2. The van der Waals surface area contributed by atoms with Crippen molar-refractivity contribution < 1.29 is 18.8 Å². The Labute approximate surface area is 215 Å². The third-order valence-electron chi connectivity index (χ3n) is 7.43. The van der Waals surface area contributed by atoms with E-state index in [4.69, 9.17) is 0 Å². The van der Waals surface area contributed by atoms with Crippen molar-refractivity contribution >= 4 is 29.4 Å². The van der Waals surface area contributed by atoms with E-state index in [0.717, 1.165) is 25.9 Å². The van der Waals surface area contributed by atoms with Crippen LogP contribution in [-0.4, -0.2) is 89.3 Å². The van der Waals surface area contributed by atoms with Crippen LogP contribution in [0.25, 0.3) is 0 Å². The Balaban J connectivity index is 1.08. The average molecular weight is 510 g/mol. The molecule has 0 aliphatic carbocycles. The van der Waals surface area contributed by atoms with E-state index in [1.807, 2.05) is 4.90 Å². The summed E-state index contributed by atoms with van der Waals surface area (Å²) < 4.78 is 15.0. The SMILES string of the molecule is O=C1CCC(Nc2ccc(C3CCN(CC(=O)N4CCN(c5ncccn5)CC4)CC3)c(F)c2)C(=O)N1. The molecule has 1 aromatic heterocycles. The first-order chi connectivity index (χ1) is 18.0. The van der Waals surface area contributed by atoms with Crippen LogP contribution < -0.4 is 15.5 Å². The maximum atomic E-state index is 15.0. The Bertz CT molecular complexity index is 1130. The molecule has 5 rings (SSSR count). The summed E-state index contributed by atoms with van der Waals surface area (Å²) in [4.78, 5) is 50.9. The molecule has 10 nitrogen and oxygen atoms in total. The Morgan fingerprint density at radius 3 is 2.43 bits per heavy atom. The van der Waals surface area contributed by atoms with Crippen LogP contribution in [0.3, 0.4) is 0 Å². The van der Waals surface area contributed by atoms with Gasteiger partial charge in [0.2, 0.25) is 23.7 Å². The van der Waals surface area contributed by atoms with Crippen LogP contribution >= 0.6 is 0 Å². The quantitative estimate of drug-likeness (QED) is 0.562. The van der Waals surface area contributed by atoms with E-state index in [1.54, 1.807) is 30.6 Å². The number of nitrogens with one attached hydrogen (secondary N) is 2. The highest BCUT2D eigenvalue weighted by atomic mass is 19.1. The lowest BCUT2D eigenvalue weighted by Crippen LogP contribution is -2.52. The number of anilines is 2. The highest BCUT2D eigenvalue weighted by Crippen LogP contribution is 2.31. The molecular formula is C26H32FN7O3. The van der Waals surface area contributed by atoms with Crippen molar-refractivity contribution in [1.29, 1.82) is 0 Å².